The van der Waals surface area contributed by atoms with Gasteiger partial charge in [0.25, 0.3) is 0 Å². The average molecular weight is 340 g/mol. The minimum atomic E-state index is -4.23. The lowest BCUT2D eigenvalue weighted by Crippen LogP contribution is -2.55. The molecule has 1 aliphatic carbocycles. The van der Waals surface area contributed by atoms with Crippen LogP contribution >= 0.6 is 0 Å². The van der Waals surface area contributed by atoms with Gasteiger partial charge in [0, 0.05) is 12.1 Å². The summed E-state index contributed by atoms with van der Waals surface area (Å²) < 4.78 is 47.0. The van der Waals surface area contributed by atoms with Crippen LogP contribution in [0.5, 0.6) is 0 Å². The molecule has 0 heterocycles. The van der Waals surface area contributed by atoms with Crippen molar-refractivity contribution in [1.82, 2.24) is 0 Å². The van der Waals surface area contributed by atoms with Crippen molar-refractivity contribution in [2.75, 3.05) is 0 Å². The van der Waals surface area contributed by atoms with Gasteiger partial charge in [0.1, 0.15) is 0 Å². The van der Waals surface area contributed by atoms with Gasteiger partial charge in [-0.1, -0.05) is 27.7 Å². The van der Waals surface area contributed by atoms with Gasteiger partial charge in [0.05, 0.1) is 5.41 Å². The molecule has 0 spiro atoms. The molecule has 132 valence electrons. The van der Waals surface area contributed by atoms with Crippen LogP contribution in [0.1, 0.15) is 59.8 Å². The quantitative estimate of drug-likeness (QED) is 0.711. The lowest BCUT2D eigenvalue weighted by Gasteiger charge is -2.47. The molecule has 1 rings (SSSR count). The topological polar surface area (TPSA) is 35.2 Å². The minimum Gasteiger partial charge on any atom is -0.414 e. The molecule has 1 fully saturated rings. The maximum Gasteiger partial charge on any atom is 0.395 e. The predicted molar refractivity (Wildman–Crippen MR) is 87.3 cm³/mol. The Morgan fingerprint density at radius 2 is 1.64 bits per heavy atom. The van der Waals surface area contributed by atoms with E-state index in [0.717, 1.165) is 0 Å². The van der Waals surface area contributed by atoms with Crippen LogP contribution in [-0.2, 0) is 4.43 Å². The fraction of sp³-hybridized carbons (Fsp3) is 1.00. The first-order chi connectivity index (χ1) is 9.77. The van der Waals surface area contributed by atoms with Gasteiger partial charge in [-0.25, -0.2) is 0 Å². The Hall–Kier alpha value is -0.0731. The van der Waals surface area contributed by atoms with Gasteiger partial charge in [-0.2, -0.15) is 13.2 Å². The summed E-state index contributed by atoms with van der Waals surface area (Å²) in [6.45, 7) is 12.5. The third-order valence-corrected chi connectivity index (χ3v) is 10.3. The SMILES string of the molecule is CCC(N)C1(C(F)(F)F)CCC(O[Si](C)(C)C(C)(C)C)CC1. The molecule has 1 atom stereocenters. The summed E-state index contributed by atoms with van der Waals surface area (Å²) in [5.74, 6) is 0. The van der Waals surface area contributed by atoms with Crippen LogP contribution in [0.25, 0.3) is 0 Å². The highest BCUT2D eigenvalue weighted by Gasteiger charge is 2.58. The number of halogens is 3. The summed E-state index contributed by atoms with van der Waals surface area (Å²) in [4.78, 5) is 0. The van der Waals surface area contributed by atoms with Gasteiger partial charge < -0.3 is 10.2 Å². The molecular weight excluding hydrogens is 307 g/mol. The molecule has 0 bridgehead atoms. The zero-order valence-electron chi connectivity index (χ0n) is 14.8. The van der Waals surface area contributed by atoms with E-state index in [9.17, 15) is 13.2 Å². The normalized spacial score (nSPS) is 29.5. The van der Waals surface area contributed by atoms with Crippen LogP contribution in [-0.4, -0.2) is 26.6 Å². The van der Waals surface area contributed by atoms with Crippen LogP contribution in [0.3, 0.4) is 0 Å². The van der Waals surface area contributed by atoms with Crippen molar-refractivity contribution in [3.63, 3.8) is 0 Å². The fourth-order valence-corrected chi connectivity index (χ4v) is 4.50. The average Bonchev–Trinajstić information content (AvgIpc) is 2.35. The first kappa shape index (κ1) is 20.0. The molecule has 1 saturated carbocycles. The number of hydrogen-bond donors (Lipinski definition) is 1. The number of hydrogen-bond acceptors (Lipinski definition) is 2. The molecule has 0 radical (unpaired) electrons. The van der Waals surface area contributed by atoms with E-state index in [2.05, 4.69) is 33.9 Å². The molecule has 0 amide bonds. The van der Waals surface area contributed by atoms with E-state index in [1.165, 1.54) is 0 Å². The fourth-order valence-electron chi connectivity index (χ4n) is 3.07. The molecule has 0 aromatic rings. The molecule has 2 N–H and O–H groups in total. The number of rotatable bonds is 4. The third-order valence-electron chi connectivity index (χ3n) is 5.81. The van der Waals surface area contributed by atoms with Gasteiger partial charge >= 0.3 is 6.18 Å². The van der Waals surface area contributed by atoms with E-state index in [4.69, 9.17) is 10.2 Å². The van der Waals surface area contributed by atoms with Gasteiger partial charge in [-0.3, -0.25) is 0 Å². The summed E-state index contributed by atoms with van der Waals surface area (Å²) in [5, 5.41) is 0.0748. The largest absolute Gasteiger partial charge is 0.414 e. The summed E-state index contributed by atoms with van der Waals surface area (Å²) >= 11 is 0. The highest BCUT2D eigenvalue weighted by Crippen LogP contribution is 2.52. The summed E-state index contributed by atoms with van der Waals surface area (Å²) in [5.41, 5.74) is 4.13. The Labute approximate surface area is 134 Å². The molecule has 1 aliphatic rings. The minimum absolute atomic E-state index is 0.0552. The van der Waals surface area contributed by atoms with Crippen LogP contribution in [0, 0.1) is 5.41 Å². The Kier molecular flexibility index (Phi) is 5.84. The monoisotopic (exact) mass is 339 g/mol. The smallest absolute Gasteiger partial charge is 0.395 e. The van der Waals surface area contributed by atoms with Crippen LogP contribution in [0.4, 0.5) is 13.2 Å². The summed E-state index contributed by atoms with van der Waals surface area (Å²) in [6.07, 6.45) is -2.84. The Balaban J connectivity index is 2.80. The van der Waals surface area contributed by atoms with E-state index in [1.54, 1.807) is 6.92 Å². The predicted octanol–water partition coefficient (Wildman–Crippen LogP) is 5.24. The van der Waals surface area contributed by atoms with Gasteiger partial charge in [-0.15, -0.1) is 0 Å². The summed E-state index contributed by atoms with van der Waals surface area (Å²) in [6, 6.07) is -0.818. The van der Waals surface area contributed by atoms with E-state index < -0.39 is 26.0 Å². The highest BCUT2D eigenvalue weighted by molar-refractivity contribution is 6.74. The molecule has 1 unspecified atom stereocenters. The van der Waals surface area contributed by atoms with Crippen molar-refractivity contribution in [3.8, 4) is 0 Å². The van der Waals surface area contributed by atoms with Crippen molar-refractivity contribution in [1.29, 1.82) is 0 Å². The van der Waals surface area contributed by atoms with Gasteiger partial charge in [0.2, 0.25) is 0 Å². The first-order valence-electron chi connectivity index (χ1n) is 8.27. The van der Waals surface area contributed by atoms with Gasteiger partial charge in [0.15, 0.2) is 8.32 Å². The molecule has 22 heavy (non-hydrogen) atoms. The van der Waals surface area contributed by atoms with E-state index in [1.807, 2.05) is 0 Å². The summed E-state index contributed by atoms with van der Waals surface area (Å²) in [7, 11) is -1.93. The second kappa shape index (κ2) is 6.44. The number of alkyl halides is 3. The lowest BCUT2D eigenvalue weighted by atomic mass is 9.67. The maximum absolute atomic E-state index is 13.6. The molecule has 0 aromatic carbocycles. The van der Waals surface area contributed by atoms with Crippen molar-refractivity contribution in [3.05, 3.63) is 0 Å². The Bertz CT molecular complexity index is 369. The number of nitrogens with two attached hydrogens (primary N) is 1. The zero-order chi connectivity index (χ0) is 17.4. The van der Waals surface area contributed by atoms with Crippen molar-refractivity contribution in [2.24, 2.45) is 11.1 Å². The van der Waals surface area contributed by atoms with Crippen molar-refractivity contribution >= 4 is 8.32 Å². The maximum atomic E-state index is 13.6. The Morgan fingerprint density at radius 1 is 1.18 bits per heavy atom. The van der Waals surface area contributed by atoms with Crippen molar-refractivity contribution < 1.29 is 17.6 Å². The second-order valence-electron chi connectivity index (χ2n) is 8.25. The van der Waals surface area contributed by atoms with Crippen LogP contribution < -0.4 is 5.73 Å². The van der Waals surface area contributed by atoms with Crippen LogP contribution in [0.2, 0.25) is 18.1 Å². The molecule has 6 heteroatoms. The molecular formula is C16H32F3NOSi. The molecule has 0 aromatic heterocycles. The molecule has 2 nitrogen and oxygen atoms in total. The van der Waals surface area contributed by atoms with Gasteiger partial charge in [-0.05, 0) is 50.2 Å². The van der Waals surface area contributed by atoms with Crippen LogP contribution in [0.15, 0.2) is 0 Å². The first-order valence-corrected chi connectivity index (χ1v) is 11.2. The lowest BCUT2D eigenvalue weighted by molar-refractivity contribution is -0.246. The van der Waals surface area contributed by atoms with Crippen molar-refractivity contribution in [2.45, 2.75) is 96.3 Å². The highest BCUT2D eigenvalue weighted by atomic mass is 28.4. The van der Waals surface area contributed by atoms with E-state index in [-0.39, 0.29) is 24.0 Å². The third kappa shape index (κ3) is 3.87. The van der Waals surface area contributed by atoms with E-state index in [0.29, 0.717) is 19.3 Å². The molecule has 0 aliphatic heterocycles. The zero-order valence-corrected chi connectivity index (χ0v) is 15.8. The van der Waals surface area contributed by atoms with E-state index >= 15 is 0 Å². The Morgan fingerprint density at radius 3 is 1.95 bits per heavy atom. The second-order valence-corrected chi connectivity index (χ2v) is 13.0. The molecule has 0 saturated heterocycles. The standard InChI is InChI=1S/C16H32F3NOSi/c1-7-13(20)15(16(17,18)19)10-8-12(9-11-15)21-22(5,6)14(2,3)4/h12-13H,7-11,20H2,1-6H3.